The number of carbonyl (C=O) groups is 2. The number of ether oxygens (including phenoxy) is 1. The minimum absolute atomic E-state index is 0.0138. The number of benzene rings is 3. The number of fused-ring (bicyclic) bond motifs is 2. The Morgan fingerprint density at radius 1 is 1.05 bits per heavy atom. The first kappa shape index (κ1) is 22.6. The normalized spacial score (nSPS) is 15.9. The summed E-state index contributed by atoms with van der Waals surface area (Å²) in [4.78, 5) is 36.2. The quantitative estimate of drug-likeness (QED) is 0.286. The van der Waals surface area contributed by atoms with Crippen molar-refractivity contribution in [1.29, 1.82) is 0 Å². The van der Waals surface area contributed by atoms with Crippen molar-refractivity contribution in [3.63, 3.8) is 0 Å². The largest absolute Gasteiger partial charge is 0.503 e. The highest BCUT2D eigenvalue weighted by Crippen LogP contribution is 2.42. The zero-order valence-corrected chi connectivity index (χ0v) is 20.1. The molecule has 37 heavy (non-hydrogen) atoms. The van der Waals surface area contributed by atoms with Gasteiger partial charge in [0.1, 0.15) is 11.3 Å². The number of rotatable bonds is 6. The Kier molecular flexibility index (Phi) is 5.30. The summed E-state index contributed by atoms with van der Waals surface area (Å²) in [6, 6.07) is 22.4. The first-order chi connectivity index (χ1) is 17.9. The number of para-hydroxylation sites is 3. The standard InChI is InChI=1S/C29H23N3O5/c1-16(2)36-19-13-11-17(12-14-19)25-24(26(33)23-15-18-7-3-6-10-22(18)37-23)27(34)28(35)32(25)29-30-20-8-4-5-9-21(20)31-29/h3-16,25,34H,1-2H3,(H,30,31). The molecule has 2 aromatic heterocycles. The Balaban J connectivity index is 1.48. The molecule has 0 spiro atoms. The Morgan fingerprint density at radius 3 is 2.51 bits per heavy atom. The summed E-state index contributed by atoms with van der Waals surface area (Å²) in [5, 5.41) is 11.8. The number of aromatic nitrogens is 2. The molecule has 6 rings (SSSR count). The van der Waals surface area contributed by atoms with Gasteiger partial charge in [-0.1, -0.05) is 42.5 Å². The molecule has 3 heterocycles. The molecule has 8 nitrogen and oxygen atoms in total. The molecule has 1 aliphatic heterocycles. The van der Waals surface area contributed by atoms with Crippen LogP contribution in [-0.4, -0.2) is 32.9 Å². The van der Waals surface area contributed by atoms with E-state index < -0.39 is 23.5 Å². The highest BCUT2D eigenvalue weighted by Gasteiger charge is 2.46. The summed E-state index contributed by atoms with van der Waals surface area (Å²) in [7, 11) is 0. The van der Waals surface area contributed by atoms with E-state index in [9.17, 15) is 14.7 Å². The van der Waals surface area contributed by atoms with Crippen molar-refractivity contribution in [1.82, 2.24) is 9.97 Å². The number of carbonyl (C=O) groups excluding carboxylic acids is 2. The lowest BCUT2D eigenvalue weighted by Gasteiger charge is -2.24. The van der Waals surface area contributed by atoms with Gasteiger partial charge in [-0.15, -0.1) is 0 Å². The number of Topliss-reactive ketones (excluding diaryl/α,β-unsaturated/α-hetero) is 1. The van der Waals surface area contributed by atoms with E-state index in [1.54, 1.807) is 36.4 Å². The minimum atomic E-state index is -0.943. The topological polar surface area (TPSA) is 109 Å². The van der Waals surface area contributed by atoms with Crippen LogP contribution in [-0.2, 0) is 4.79 Å². The number of imidazole rings is 1. The van der Waals surface area contributed by atoms with E-state index in [4.69, 9.17) is 9.15 Å². The summed E-state index contributed by atoms with van der Waals surface area (Å²) >= 11 is 0. The monoisotopic (exact) mass is 493 g/mol. The van der Waals surface area contributed by atoms with Crippen LogP contribution in [0.15, 0.2) is 94.6 Å². The molecule has 3 aromatic carbocycles. The first-order valence-corrected chi connectivity index (χ1v) is 11.9. The van der Waals surface area contributed by atoms with Gasteiger partial charge in [-0.3, -0.25) is 14.5 Å². The second-order valence-corrected chi connectivity index (χ2v) is 9.13. The van der Waals surface area contributed by atoms with Crippen molar-refractivity contribution in [2.75, 3.05) is 4.90 Å². The van der Waals surface area contributed by atoms with Gasteiger partial charge in [0.15, 0.2) is 11.5 Å². The fourth-order valence-electron chi connectivity index (χ4n) is 4.65. The zero-order chi connectivity index (χ0) is 25.7. The predicted octanol–water partition coefficient (Wildman–Crippen LogP) is 5.88. The second-order valence-electron chi connectivity index (χ2n) is 9.13. The molecule has 0 radical (unpaired) electrons. The predicted molar refractivity (Wildman–Crippen MR) is 139 cm³/mol. The second kappa shape index (κ2) is 8.67. The van der Waals surface area contributed by atoms with Gasteiger partial charge >= 0.3 is 0 Å². The molecule has 0 saturated carbocycles. The number of amides is 1. The average Bonchev–Trinajstić information content (AvgIpc) is 3.58. The number of aromatic amines is 1. The SMILES string of the molecule is CC(C)Oc1ccc(C2C(C(=O)c3cc4ccccc4o3)=C(O)C(=O)N2c2nc3ccccc3[nH]2)cc1. The van der Waals surface area contributed by atoms with Crippen molar-refractivity contribution in [3.05, 3.63) is 102 Å². The van der Waals surface area contributed by atoms with E-state index in [-0.39, 0.29) is 23.4 Å². The molecule has 0 bridgehead atoms. The van der Waals surface area contributed by atoms with Gasteiger partial charge in [0.05, 0.1) is 28.8 Å². The van der Waals surface area contributed by atoms with Crippen molar-refractivity contribution < 1.29 is 23.8 Å². The van der Waals surface area contributed by atoms with E-state index in [1.165, 1.54) is 4.90 Å². The van der Waals surface area contributed by atoms with E-state index in [0.717, 1.165) is 10.9 Å². The number of hydrogen-bond acceptors (Lipinski definition) is 6. The molecular weight excluding hydrogens is 470 g/mol. The van der Waals surface area contributed by atoms with E-state index in [0.29, 0.717) is 22.4 Å². The van der Waals surface area contributed by atoms with Gasteiger partial charge in [-0.05, 0) is 55.8 Å². The molecule has 0 aliphatic carbocycles. The lowest BCUT2D eigenvalue weighted by atomic mass is 9.95. The Bertz CT molecular complexity index is 1630. The summed E-state index contributed by atoms with van der Waals surface area (Å²) in [5.74, 6) is -1.04. The molecule has 184 valence electrons. The average molecular weight is 494 g/mol. The molecule has 1 unspecified atom stereocenters. The van der Waals surface area contributed by atoms with Crippen LogP contribution in [0, 0.1) is 0 Å². The van der Waals surface area contributed by atoms with Crippen LogP contribution in [0.3, 0.4) is 0 Å². The van der Waals surface area contributed by atoms with Gasteiger partial charge in [0.25, 0.3) is 5.91 Å². The van der Waals surface area contributed by atoms with Crippen molar-refractivity contribution in [2.24, 2.45) is 0 Å². The molecule has 1 aliphatic rings. The highest BCUT2D eigenvalue weighted by atomic mass is 16.5. The van der Waals surface area contributed by atoms with Gasteiger partial charge < -0.3 is 19.2 Å². The van der Waals surface area contributed by atoms with Gasteiger partial charge in [0, 0.05) is 5.39 Å². The van der Waals surface area contributed by atoms with Gasteiger partial charge in [-0.25, -0.2) is 4.98 Å². The van der Waals surface area contributed by atoms with Crippen LogP contribution in [0.2, 0.25) is 0 Å². The summed E-state index contributed by atoms with van der Waals surface area (Å²) in [6.07, 6.45) is -0.0138. The maximum atomic E-state index is 13.8. The van der Waals surface area contributed by atoms with Crippen LogP contribution < -0.4 is 9.64 Å². The van der Waals surface area contributed by atoms with E-state index >= 15 is 0 Å². The van der Waals surface area contributed by atoms with E-state index in [2.05, 4.69) is 9.97 Å². The zero-order valence-electron chi connectivity index (χ0n) is 20.1. The van der Waals surface area contributed by atoms with Gasteiger partial charge in [0.2, 0.25) is 11.7 Å². The third-order valence-electron chi connectivity index (χ3n) is 6.27. The fraction of sp³-hybridized carbons (Fsp3) is 0.138. The van der Waals surface area contributed by atoms with Crippen molar-refractivity contribution >= 4 is 39.6 Å². The molecule has 1 atom stereocenters. The molecular formula is C29H23N3O5. The number of furan rings is 1. The summed E-state index contributed by atoms with van der Waals surface area (Å²) < 4.78 is 11.6. The smallest absolute Gasteiger partial charge is 0.296 e. The number of H-pyrrole nitrogens is 1. The van der Waals surface area contributed by atoms with E-state index in [1.807, 2.05) is 56.3 Å². The number of nitrogens with one attached hydrogen (secondary N) is 1. The Morgan fingerprint density at radius 2 is 1.78 bits per heavy atom. The number of aliphatic hydroxyl groups is 1. The lowest BCUT2D eigenvalue weighted by Crippen LogP contribution is -2.32. The van der Waals surface area contributed by atoms with Gasteiger partial charge in [-0.2, -0.15) is 0 Å². The Hall–Kier alpha value is -4.85. The number of ketones is 1. The fourth-order valence-corrected chi connectivity index (χ4v) is 4.65. The van der Waals surface area contributed by atoms with Crippen molar-refractivity contribution in [3.8, 4) is 5.75 Å². The van der Waals surface area contributed by atoms with Crippen LogP contribution in [0.4, 0.5) is 5.95 Å². The molecule has 0 fully saturated rings. The number of anilines is 1. The van der Waals surface area contributed by atoms with Crippen LogP contribution in [0.5, 0.6) is 5.75 Å². The molecule has 2 N–H and O–H groups in total. The third-order valence-corrected chi connectivity index (χ3v) is 6.27. The molecule has 1 amide bonds. The third kappa shape index (κ3) is 3.83. The molecule has 8 heteroatoms. The Labute approximate surface area is 211 Å². The molecule has 5 aromatic rings. The molecule has 0 saturated heterocycles. The minimum Gasteiger partial charge on any atom is -0.503 e. The maximum Gasteiger partial charge on any atom is 0.296 e. The lowest BCUT2D eigenvalue weighted by molar-refractivity contribution is -0.117. The summed E-state index contributed by atoms with van der Waals surface area (Å²) in [6.45, 7) is 3.86. The van der Waals surface area contributed by atoms with Crippen LogP contribution in [0.25, 0.3) is 22.0 Å². The maximum absolute atomic E-state index is 13.8. The van der Waals surface area contributed by atoms with Crippen LogP contribution >= 0.6 is 0 Å². The van der Waals surface area contributed by atoms with Crippen molar-refractivity contribution in [2.45, 2.75) is 26.0 Å². The number of aliphatic hydroxyl groups excluding tert-OH is 1. The summed E-state index contributed by atoms with van der Waals surface area (Å²) in [5.41, 5.74) is 2.44. The number of nitrogens with zero attached hydrogens (tertiary/aromatic N) is 2. The van der Waals surface area contributed by atoms with Crippen LogP contribution in [0.1, 0.15) is 36.0 Å². The highest BCUT2D eigenvalue weighted by molar-refractivity contribution is 6.20. The number of hydrogen-bond donors (Lipinski definition) is 2. The first-order valence-electron chi connectivity index (χ1n) is 11.9.